The average Bonchev–Trinajstić information content (AvgIpc) is 2.36. The Morgan fingerprint density at radius 2 is 1.94 bits per heavy atom. The van der Waals surface area contributed by atoms with E-state index in [1.807, 2.05) is 6.92 Å². The van der Waals surface area contributed by atoms with E-state index < -0.39 is 11.8 Å². The van der Waals surface area contributed by atoms with Gasteiger partial charge in [0.15, 0.2) is 0 Å². The number of carbonyl (C=O) groups excluding carboxylic acids is 2. The molecular formula is C14H18O4. The predicted octanol–water partition coefficient (Wildman–Crippen LogP) is 2.53. The number of rotatable bonds is 6. The largest absolute Gasteiger partial charge is 0.494 e. The number of aryl methyl sites for hydroxylation is 1. The Balaban J connectivity index is 2.85. The van der Waals surface area contributed by atoms with Crippen LogP contribution in [0.1, 0.15) is 36.2 Å². The molecule has 1 rings (SSSR count). The van der Waals surface area contributed by atoms with Crippen LogP contribution in [-0.2, 0) is 9.53 Å². The van der Waals surface area contributed by atoms with E-state index >= 15 is 0 Å². The lowest BCUT2D eigenvalue weighted by atomic mass is 10.0. The zero-order valence-corrected chi connectivity index (χ0v) is 11.0. The lowest BCUT2D eigenvalue weighted by molar-refractivity contribution is -0.137. The first kappa shape index (κ1) is 14.2. The molecule has 0 atom stereocenters. The average molecular weight is 250 g/mol. The van der Waals surface area contributed by atoms with Crippen molar-refractivity contribution in [3.05, 3.63) is 29.3 Å². The van der Waals surface area contributed by atoms with Crippen LogP contribution in [0.3, 0.4) is 0 Å². The standard InChI is InChI=1S/C14H18O4/c1-4-8-18-11-6-7-12(10(3)9-11)13(15)14(16)17-5-2/h6-7,9H,4-5,8H2,1-3H3. The molecule has 0 aromatic heterocycles. The number of benzene rings is 1. The van der Waals surface area contributed by atoms with Crippen LogP contribution in [0.4, 0.5) is 0 Å². The number of ketones is 1. The fraction of sp³-hybridized carbons (Fsp3) is 0.429. The Kier molecular flexibility index (Phi) is 5.36. The third-order valence-electron chi connectivity index (χ3n) is 2.38. The van der Waals surface area contributed by atoms with E-state index in [1.165, 1.54) is 0 Å². The molecule has 0 N–H and O–H groups in total. The molecule has 0 spiro atoms. The Hall–Kier alpha value is -1.84. The second kappa shape index (κ2) is 6.79. The number of carbonyl (C=O) groups is 2. The van der Waals surface area contributed by atoms with Gasteiger partial charge < -0.3 is 9.47 Å². The zero-order chi connectivity index (χ0) is 13.5. The highest BCUT2D eigenvalue weighted by Crippen LogP contribution is 2.18. The molecule has 0 heterocycles. The first-order valence-electron chi connectivity index (χ1n) is 6.05. The van der Waals surface area contributed by atoms with E-state index in [1.54, 1.807) is 32.0 Å². The summed E-state index contributed by atoms with van der Waals surface area (Å²) in [7, 11) is 0. The van der Waals surface area contributed by atoms with Crippen molar-refractivity contribution >= 4 is 11.8 Å². The third-order valence-corrected chi connectivity index (χ3v) is 2.38. The highest BCUT2D eigenvalue weighted by atomic mass is 16.5. The summed E-state index contributed by atoms with van der Waals surface area (Å²) in [6, 6.07) is 5.04. The van der Waals surface area contributed by atoms with Gasteiger partial charge in [-0.2, -0.15) is 0 Å². The van der Waals surface area contributed by atoms with Crippen LogP contribution in [0.5, 0.6) is 5.75 Å². The summed E-state index contributed by atoms with van der Waals surface area (Å²) in [5.74, 6) is -0.728. The molecule has 0 amide bonds. The molecule has 4 heteroatoms. The van der Waals surface area contributed by atoms with Crippen LogP contribution in [0.15, 0.2) is 18.2 Å². The molecule has 4 nitrogen and oxygen atoms in total. The van der Waals surface area contributed by atoms with Gasteiger partial charge in [-0.25, -0.2) is 4.79 Å². The van der Waals surface area contributed by atoms with Crippen LogP contribution in [0.2, 0.25) is 0 Å². The zero-order valence-electron chi connectivity index (χ0n) is 11.0. The Bertz CT molecular complexity index is 437. The lowest BCUT2D eigenvalue weighted by Gasteiger charge is -2.08. The quantitative estimate of drug-likeness (QED) is 0.442. The molecule has 0 aliphatic heterocycles. The minimum atomic E-state index is -0.817. The summed E-state index contributed by atoms with van der Waals surface area (Å²) < 4.78 is 10.1. The normalized spacial score (nSPS) is 9.94. The molecule has 1 aromatic rings. The van der Waals surface area contributed by atoms with Gasteiger partial charge in [0.2, 0.25) is 0 Å². The molecule has 0 aliphatic rings. The predicted molar refractivity (Wildman–Crippen MR) is 67.9 cm³/mol. The van der Waals surface area contributed by atoms with Crippen LogP contribution in [0, 0.1) is 6.92 Å². The minimum absolute atomic E-state index is 0.196. The van der Waals surface area contributed by atoms with Crippen LogP contribution in [0.25, 0.3) is 0 Å². The van der Waals surface area contributed by atoms with Gasteiger partial charge in [0.05, 0.1) is 13.2 Å². The fourth-order valence-corrected chi connectivity index (χ4v) is 1.51. The summed E-state index contributed by atoms with van der Waals surface area (Å²) in [5, 5.41) is 0. The Labute approximate surface area is 107 Å². The van der Waals surface area contributed by atoms with E-state index in [-0.39, 0.29) is 6.61 Å². The maximum absolute atomic E-state index is 11.8. The van der Waals surface area contributed by atoms with Gasteiger partial charge in [0, 0.05) is 5.56 Å². The van der Waals surface area contributed by atoms with Crippen molar-refractivity contribution in [3.8, 4) is 5.75 Å². The number of hydrogen-bond acceptors (Lipinski definition) is 4. The van der Waals surface area contributed by atoms with Crippen molar-refractivity contribution < 1.29 is 19.1 Å². The van der Waals surface area contributed by atoms with Gasteiger partial charge in [-0.15, -0.1) is 0 Å². The topological polar surface area (TPSA) is 52.6 Å². The van der Waals surface area contributed by atoms with E-state index in [4.69, 9.17) is 4.74 Å². The van der Waals surface area contributed by atoms with Crippen molar-refractivity contribution in [1.82, 2.24) is 0 Å². The fourth-order valence-electron chi connectivity index (χ4n) is 1.51. The summed E-state index contributed by atoms with van der Waals surface area (Å²) in [4.78, 5) is 23.1. The van der Waals surface area contributed by atoms with Gasteiger partial charge >= 0.3 is 5.97 Å². The molecule has 0 radical (unpaired) electrons. The first-order valence-corrected chi connectivity index (χ1v) is 6.05. The summed E-state index contributed by atoms with van der Waals surface area (Å²) in [6.45, 7) is 6.28. The van der Waals surface area contributed by atoms with E-state index in [0.29, 0.717) is 23.5 Å². The van der Waals surface area contributed by atoms with Crippen molar-refractivity contribution in [2.75, 3.05) is 13.2 Å². The van der Waals surface area contributed by atoms with Crippen LogP contribution >= 0.6 is 0 Å². The van der Waals surface area contributed by atoms with Crippen LogP contribution in [-0.4, -0.2) is 25.0 Å². The summed E-state index contributed by atoms with van der Waals surface area (Å²) in [6.07, 6.45) is 0.919. The molecule has 98 valence electrons. The van der Waals surface area contributed by atoms with Crippen molar-refractivity contribution in [3.63, 3.8) is 0 Å². The van der Waals surface area contributed by atoms with Gasteiger partial charge in [-0.1, -0.05) is 6.92 Å². The maximum Gasteiger partial charge on any atom is 0.379 e. The van der Waals surface area contributed by atoms with E-state index in [9.17, 15) is 9.59 Å². The number of ether oxygens (including phenoxy) is 2. The second-order valence-corrected chi connectivity index (χ2v) is 3.87. The van der Waals surface area contributed by atoms with Crippen molar-refractivity contribution in [1.29, 1.82) is 0 Å². The number of Topliss-reactive ketones (excluding diaryl/α,β-unsaturated/α-hetero) is 1. The van der Waals surface area contributed by atoms with Gasteiger partial charge in [0.25, 0.3) is 5.78 Å². The molecule has 0 saturated carbocycles. The van der Waals surface area contributed by atoms with Crippen LogP contribution < -0.4 is 4.74 Å². The number of hydrogen-bond donors (Lipinski definition) is 0. The molecule has 0 saturated heterocycles. The Morgan fingerprint density at radius 1 is 1.22 bits per heavy atom. The third kappa shape index (κ3) is 3.58. The smallest absolute Gasteiger partial charge is 0.379 e. The maximum atomic E-state index is 11.8. The van der Waals surface area contributed by atoms with Crippen molar-refractivity contribution in [2.24, 2.45) is 0 Å². The highest BCUT2D eigenvalue weighted by Gasteiger charge is 2.19. The monoisotopic (exact) mass is 250 g/mol. The highest BCUT2D eigenvalue weighted by molar-refractivity contribution is 6.41. The van der Waals surface area contributed by atoms with E-state index in [2.05, 4.69) is 4.74 Å². The molecular weight excluding hydrogens is 232 g/mol. The van der Waals surface area contributed by atoms with Gasteiger partial charge in [-0.05, 0) is 44.0 Å². The van der Waals surface area contributed by atoms with E-state index in [0.717, 1.165) is 6.42 Å². The summed E-state index contributed by atoms with van der Waals surface area (Å²) >= 11 is 0. The first-order chi connectivity index (χ1) is 8.60. The molecule has 0 aliphatic carbocycles. The van der Waals surface area contributed by atoms with Gasteiger partial charge in [0.1, 0.15) is 5.75 Å². The molecule has 0 unspecified atom stereocenters. The lowest BCUT2D eigenvalue weighted by Crippen LogP contribution is -2.18. The summed E-state index contributed by atoms with van der Waals surface area (Å²) in [5.41, 5.74) is 1.07. The molecule has 1 aromatic carbocycles. The SMILES string of the molecule is CCCOc1ccc(C(=O)C(=O)OCC)c(C)c1. The number of esters is 1. The molecule has 0 fully saturated rings. The van der Waals surface area contributed by atoms with Crippen molar-refractivity contribution in [2.45, 2.75) is 27.2 Å². The minimum Gasteiger partial charge on any atom is -0.494 e. The van der Waals surface area contributed by atoms with Gasteiger partial charge in [-0.3, -0.25) is 4.79 Å². The molecule has 18 heavy (non-hydrogen) atoms. The molecule has 0 bridgehead atoms. The second-order valence-electron chi connectivity index (χ2n) is 3.87. The Morgan fingerprint density at radius 3 is 2.50 bits per heavy atom.